The van der Waals surface area contributed by atoms with E-state index in [1.54, 1.807) is 12.4 Å². The molecule has 5 aromatic rings. The van der Waals surface area contributed by atoms with Gasteiger partial charge in [-0.25, -0.2) is 0 Å². The Morgan fingerprint density at radius 1 is 0.722 bits per heavy atom. The Morgan fingerprint density at radius 2 is 1.47 bits per heavy atom. The lowest BCUT2D eigenvalue weighted by molar-refractivity contribution is 0.482. The summed E-state index contributed by atoms with van der Waals surface area (Å²) in [6.45, 7) is 0. The summed E-state index contributed by atoms with van der Waals surface area (Å²) in [6.07, 6.45) is 7.49. The molecule has 1 aliphatic rings. The van der Waals surface area contributed by atoms with Gasteiger partial charge >= 0.3 is 0 Å². The largest absolute Gasteiger partial charge is 0.457 e. The first kappa shape index (κ1) is 22.0. The van der Waals surface area contributed by atoms with Gasteiger partial charge in [0.2, 0.25) is 0 Å². The molecule has 0 radical (unpaired) electrons. The van der Waals surface area contributed by atoms with Crippen LogP contribution in [0.3, 0.4) is 0 Å². The van der Waals surface area contributed by atoms with Crippen molar-refractivity contribution in [2.24, 2.45) is 0 Å². The van der Waals surface area contributed by atoms with Crippen molar-refractivity contribution < 1.29 is 4.74 Å². The van der Waals surface area contributed by atoms with Gasteiger partial charge in [-0.3, -0.25) is 9.97 Å². The number of pyridine rings is 2. The predicted octanol–water partition coefficient (Wildman–Crippen LogP) is 6.24. The quantitative estimate of drug-likeness (QED) is 0.285. The molecule has 1 N–H and O–H groups in total. The molecule has 4 heterocycles. The van der Waals surface area contributed by atoms with Crippen LogP contribution in [0.15, 0.2) is 122 Å². The molecule has 36 heavy (non-hydrogen) atoms. The zero-order valence-corrected chi connectivity index (χ0v) is 20.1. The molecule has 0 spiro atoms. The Kier molecular flexibility index (Phi) is 5.89. The number of rotatable bonds is 6. The number of ether oxygens (including phenoxy) is 1. The van der Waals surface area contributed by atoms with Crippen LogP contribution in [0.4, 0.5) is 5.69 Å². The Hall–Kier alpha value is -4.49. The SMILES string of the molecule is S=C1NC(c2ccccn2)C(c2cccn2-c2ccncc2)N1c1ccc(Oc2ccccc2)cc1. The fraction of sp³-hybridized carbons (Fsp3) is 0.0690. The Labute approximate surface area is 214 Å². The fourth-order valence-electron chi connectivity index (χ4n) is 4.61. The first-order chi connectivity index (χ1) is 17.8. The van der Waals surface area contributed by atoms with Crippen LogP contribution in [0.5, 0.6) is 11.5 Å². The molecule has 0 amide bonds. The van der Waals surface area contributed by atoms with Gasteiger partial charge in [-0.1, -0.05) is 24.3 Å². The van der Waals surface area contributed by atoms with Crippen LogP contribution in [-0.4, -0.2) is 19.6 Å². The Balaban J connectivity index is 1.40. The summed E-state index contributed by atoms with van der Waals surface area (Å²) in [5.41, 5.74) is 4.03. The van der Waals surface area contributed by atoms with Crippen molar-refractivity contribution in [2.75, 3.05) is 4.90 Å². The molecule has 1 saturated heterocycles. The number of para-hydroxylation sites is 1. The van der Waals surface area contributed by atoms with Crippen LogP contribution in [0.25, 0.3) is 5.69 Å². The molecule has 0 saturated carbocycles. The van der Waals surface area contributed by atoms with Gasteiger partial charge in [-0.2, -0.15) is 0 Å². The predicted molar refractivity (Wildman–Crippen MR) is 144 cm³/mol. The van der Waals surface area contributed by atoms with Crippen LogP contribution in [0.2, 0.25) is 0 Å². The summed E-state index contributed by atoms with van der Waals surface area (Å²) in [6, 6.07) is 31.7. The summed E-state index contributed by atoms with van der Waals surface area (Å²) < 4.78 is 8.18. The molecule has 2 atom stereocenters. The highest BCUT2D eigenvalue weighted by Crippen LogP contribution is 2.42. The fourth-order valence-corrected chi connectivity index (χ4v) is 4.95. The molecule has 0 aliphatic carbocycles. The number of hydrogen-bond donors (Lipinski definition) is 1. The topological polar surface area (TPSA) is 55.2 Å². The summed E-state index contributed by atoms with van der Waals surface area (Å²) in [7, 11) is 0. The molecule has 2 unspecified atom stereocenters. The molecule has 0 bridgehead atoms. The zero-order valence-electron chi connectivity index (χ0n) is 19.3. The van der Waals surface area contributed by atoms with E-state index in [2.05, 4.69) is 43.1 Å². The van der Waals surface area contributed by atoms with E-state index in [9.17, 15) is 0 Å². The average Bonchev–Trinajstić information content (AvgIpc) is 3.55. The van der Waals surface area contributed by atoms with Crippen LogP contribution >= 0.6 is 12.2 Å². The van der Waals surface area contributed by atoms with Gasteiger partial charge in [0.15, 0.2) is 5.11 Å². The lowest BCUT2D eigenvalue weighted by Gasteiger charge is -2.29. The molecule has 1 fully saturated rings. The lowest BCUT2D eigenvalue weighted by Crippen LogP contribution is -2.30. The van der Waals surface area contributed by atoms with Gasteiger partial charge in [0, 0.05) is 41.9 Å². The third kappa shape index (κ3) is 4.21. The van der Waals surface area contributed by atoms with E-state index >= 15 is 0 Å². The van der Waals surface area contributed by atoms with Crippen molar-refractivity contribution in [3.63, 3.8) is 0 Å². The van der Waals surface area contributed by atoms with Crippen LogP contribution in [0, 0.1) is 0 Å². The maximum absolute atomic E-state index is 6.00. The monoisotopic (exact) mass is 489 g/mol. The van der Waals surface area contributed by atoms with E-state index in [1.807, 2.05) is 91.1 Å². The number of aromatic nitrogens is 3. The molecular weight excluding hydrogens is 466 g/mol. The number of nitrogens with one attached hydrogen (secondary N) is 1. The minimum absolute atomic E-state index is 0.128. The third-order valence-electron chi connectivity index (χ3n) is 6.22. The highest BCUT2D eigenvalue weighted by molar-refractivity contribution is 7.80. The summed E-state index contributed by atoms with van der Waals surface area (Å²) >= 11 is 5.88. The van der Waals surface area contributed by atoms with Gasteiger partial charge in [0.25, 0.3) is 0 Å². The molecule has 3 aromatic heterocycles. The van der Waals surface area contributed by atoms with Crippen molar-refractivity contribution in [3.05, 3.63) is 133 Å². The second-order valence-corrected chi connectivity index (χ2v) is 8.80. The zero-order chi connectivity index (χ0) is 24.3. The van der Waals surface area contributed by atoms with Crippen molar-refractivity contribution in [1.82, 2.24) is 19.9 Å². The smallest absolute Gasteiger partial charge is 0.174 e. The molecule has 6 nitrogen and oxygen atoms in total. The van der Waals surface area contributed by atoms with Crippen LogP contribution < -0.4 is 15.0 Å². The molecular formula is C29H23N5OS. The number of hydrogen-bond acceptors (Lipinski definition) is 4. The third-order valence-corrected chi connectivity index (χ3v) is 6.53. The van der Waals surface area contributed by atoms with Gasteiger partial charge < -0.3 is 19.5 Å². The highest BCUT2D eigenvalue weighted by atomic mass is 32.1. The van der Waals surface area contributed by atoms with Gasteiger partial charge in [-0.05, 0) is 85.0 Å². The maximum atomic E-state index is 6.00. The minimum atomic E-state index is -0.130. The second-order valence-electron chi connectivity index (χ2n) is 8.41. The summed E-state index contributed by atoms with van der Waals surface area (Å²) in [4.78, 5) is 11.0. The van der Waals surface area contributed by atoms with Crippen molar-refractivity contribution in [3.8, 4) is 17.2 Å². The summed E-state index contributed by atoms with van der Waals surface area (Å²) in [5.74, 6) is 1.56. The van der Waals surface area contributed by atoms with E-state index in [1.165, 1.54) is 0 Å². The maximum Gasteiger partial charge on any atom is 0.174 e. The standard InChI is InChI=1S/C29H23N5OS/c36-29-32-27(25-9-4-5-17-31-25)28(26-10-6-20-33(26)21-15-18-30-19-16-21)34(29)22-11-13-24(14-12-22)35-23-7-2-1-3-8-23/h1-20,27-28H,(H,32,36). The van der Waals surface area contributed by atoms with Crippen LogP contribution in [-0.2, 0) is 0 Å². The van der Waals surface area contributed by atoms with Crippen LogP contribution in [0.1, 0.15) is 23.5 Å². The first-order valence-corrected chi connectivity index (χ1v) is 12.1. The second kappa shape index (κ2) is 9.64. The molecule has 6 rings (SSSR count). The number of thiocarbonyl (C=S) groups is 1. The van der Waals surface area contributed by atoms with Crippen molar-refractivity contribution >= 4 is 23.0 Å². The number of nitrogens with zero attached hydrogens (tertiary/aromatic N) is 4. The van der Waals surface area contributed by atoms with Gasteiger partial charge in [0.05, 0.1) is 11.7 Å². The summed E-state index contributed by atoms with van der Waals surface area (Å²) in [5, 5.41) is 4.18. The highest BCUT2D eigenvalue weighted by Gasteiger charge is 2.42. The number of benzene rings is 2. The van der Waals surface area contributed by atoms with Gasteiger partial charge in [-0.15, -0.1) is 0 Å². The van der Waals surface area contributed by atoms with Gasteiger partial charge in [0.1, 0.15) is 17.5 Å². The average molecular weight is 490 g/mol. The molecule has 2 aromatic carbocycles. The number of anilines is 1. The van der Waals surface area contributed by atoms with Crippen molar-refractivity contribution in [1.29, 1.82) is 0 Å². The first-order valence-electron chi connectivity index (χ1n) is 11.7. The van der Waals surface area contributed by atoms with E-state index in [0.717, 1.165) is 34.3 Å². The Bertz CT molecular complexity index is 1460. The molecule has 1 aliphatic heterocycles. The van der Waals surface area contributed by atoms with E-state index in [0.29, 0.717) is 5.11 Å². The lowest BCUT2D eigenvalue weighted by atomic mass is 10.0. The van der Waals surface area contributed by atoms with Crippen molar-refractivity contribution in [2.45, 2.75) is 12.1 Å². The Morgan fingerprint density at radius 3 is 2.22 bits per heavy atom. The van der Waals surface area contributed by atoms with E-state index in [4.69, 9.17) is 17.0 Å². The molecule has 7 heteroatoms. The normalized spacial score (nSPS) is 17.1. The minimum Gasteiger partial charge on any atom is -0.457 e. The molecule has 176 valence electrons. The van der Waals surface area contributed by atoms with E-state index < -0.39 is 0 Å². The van der Waals surface area contributed by atoms with E-state index in [-0.39, 0.29) is 12.1 Å².